The van der Waals surface area contributed by atoms with Gasteiger partial charge in [0, 0.05) is 5.41 Å². The van der Waals surface area contributed by atoms with Gasteiger partial charge in [0.1, 0.15) is 22.1 Å². The summed E-state index contributed by atoms with van der Waals surface area (Å²) in [4.78, 5) is 30.8. The third kappa shape index (κ3) is 3.00. The molecule has 0 radical (unpaired) electrons. The van der Waals surface area contributed by atoms with Crippen LogP contribution in [0.1, 0.15) is 13.8 Å². The van der Waals surface area contributed by atoms with E-state index >= 15 is 0 Å². The Labute approximate surface area is 149 Å². The topological polar surface area (TPSA) is 94.2 Å². The fourth-order valence-electron chi connectivity index (χ4n) is 2.52. The van der Waals surface area contributed by atoms with Crippen LogP contribution in [0, 0.1) is 0 Å². The number of aliphatic imine (C=N–C) groups is 1. The van der Waals surface area contributed by atoms with Crippen LogP contribution in [0.25, 0.3) is 0 Å². The van der Waals surface area contributed by atoms with Gasteiger partial charge in [-0.3, -0.25) is 4.90 Å². The number of fused-ring (bicyclic) bond motifs is 3. The van der Waals surface area contributed by atoms with Crippen molar-refractivity contribution in [2.45, 2.75) is 13.8 Å². The van der Waals surface area contributed by atoms with Crippen molar-refractivity contribution >= 4 is 40.9 Å². The Balaban J connectivity index is 2.18. The molecule has 2 heterocycles. The van der Waals surface area contributed by atoms with E-state index in [4.69, 9.17) is 15.2 Å². The first-order chi connectivity index (χ1) is 12.1. The lowest BCUT2D eigenvalue weighted by atomic mass is 10.2. The highest BCUT2D eigenvalue weighted by Crippen LogP contribution is 2.46. The minimum atomic E-state index is -0.581. The molecule has 0 saturated carbocycles. The van der Waals surface area contributed by atoms with E-state index in [1.807, 2.05) is 12.1 Å². The van der Waals surface area contributed by atoms with Crippen LogP contribution in [0.15, 0.2) is 51.0 Å². The molecule has 0 spiro atoms. The highest BCUT2D eigenvalue weighted by molar-refractivity contribution is 8.06. The van der Waals surface area contributed by atoms with E-state index in [0.29, 0.717) is 22.1 Å². The average Bonchev–Trinajstić information content (AvgIpc) is 2.95. The number of ether oxygens (including phenoxy) is 2. The van der Waals surface area contributed by atoms with Crippen molar-refractivity contribution in [2.24, 2.45) is 10.7 Å². The molecule has 1 aromatic rings. The number of esters is 2. The summed E-state index contributed by atoms with van der Waals surface area (Å²) in [6.07, 6.45) is 0. The summed E-state index contributed by atoms with van der Waals surface area (Å²) in [5, 5.41) is 2.12. The van der Waals surface area contributed by atoms with E-state index in [1.54, 1.807) is 36.3 Å². The third-order valence-electron chi connectivity index (χ3n) is 3.52. The molecule has 0 amide bonds. The summed E-state index contributed by atoms with van der Waals surface area (Å²) in [6.45, 7) is 3.90. The van der Waals surface area contributed by atoms with Crippen LogP contribution < -0.4 is 10.6 Å². The number of amidine groups is 1. The Morgan fingerprint density at radius 2 is 1.84 bits per heavy atom. The molecule has 3 rings (SSSR count). The standard InChI is InChI=1S/C17H17N3O4S/c1-3-23-16(21)12-9-25-15-13(17(22)24-4-2)14(18)19-10-7-5-6-8-11(10)20(12)15/h5-9H,3-4H2,1-2H3,(H2,18,19). The van der Waals surface area contributed by atoms with Crippen LogP contribution in [0.5, 0.6) is 0 Å². The van der Waals surface area contributed by atoms with Gasteiger partial charge >= 0.3 is 11.9 Å². The smallest absolute Gasteiger partial charge is 0.355 e. The molecule has 7 nitrogen and oxygen atoms in total. The molecule has 0 saturated heterocycles. The Bertz CT molecular complexity index is 829. The maximum atomic E-state index is 12.4. The Morgan fingerprint density at radius 3 is 2.56 bits per heavy atom. The number of carbonyl (C=O) groups is 2. The SMILES string of the molecule is CCOC(=O)C1=CSC2=C(C(=O)OCC)C(N)=Nc3ccccc3N12. The molecule has 0 bridgehead atoms. The van der Waals surface area contributed by atoms with Gasteiger partial charge in [-0.15, -0.1) is 0 Å². The number of hydrogen-bond acceptors (Lipinski definition) is 8. The van der Waals surface area contributed by atoms with Crippen molar-refractivity contribution in [3.05, 3.63) is 46.0 Å². The van der Waals surface area contributed by atoms with Crippen molar-refractivity contribution in [1.29, 1.82) is 0 Å². The molecule has 2 aliphatic rings. The lowest BCUT2D eigenvalue weighted by molar-refractivity contribution is -0.139. The predicted octanol–water partition coefficient (Wildman–Crippen LogP) is 2.42. The largest absolute Gasteiger partial charge is 0.462 e. The van der Waals surface area contributed by atoms with Crippen LogP contribution >= 0.6 is 11.8 Å². The van der Waals surface area contributed by atoms with Gasteiger partial charge in [-0.05, 0) is 26.0 Å². The van der Waals surface area contributed by atoms with Gasteiger partial charge in [0.2, 0.25) is 0 Å². The number of nitrogens with zero attached hydrogens (tertiary/aromatic N) is 2. The normalized spacial score (nSPS) is 15.7. The summed E-state index contributed by atoms with van der Waals surface area (Å²) in [5.41, 5.74) is 7.71. The molecule has 8 heteroatoms. The van der Waals surface area contributed by atoms with Crippen molar-refractivity contribution in [2.75, 3.05) is 18.1 Å². The molecule has 25 heavy (non-hydrogen) atoms. The second kappa shape index (κ2) is 7.02. The van der Waals surface area contributed by atoms with E-state index in [0.717, 1.165) is 0 Å². The Hall–Kier alpha value is -2.74. The second-order valence-corrected chi connectivity index (χ2v) is 5.92. The van der Waals surface area contributed by atoms with Gasteiger partial charge in [0.25, 0.3) is 0 Å². The van der Waals surface area contributed by atoms with Crippen LogP contribution in [0.4, 0.5) is 11.4 Å². The van der Waals surface area contributed by atoms with Crippen molar-refractivity contribution in [3.63, 3.8) is 0 Å². The maximum absolute atomic E-state index is 12.4. The quantitative estimate of drug-likeness (QED) is 0.825. The number of thioether (sulfide) groups is 1. The number of benzene rings is 1. The lowest BCUT2D eigenvalue weighted by Gasteiger charge is -2.23. The predicted molar refractivity (Wildman–Crippen MR) is 96.2 cm³/mol. The first-order valence-corrected chi connectivity index (χ1v) is 8.65. The van der Waals surface area contributed by atoms with Crippen molar-refractivity contribution in [3.8, 4) is 0 Å². The maximum Gasteiger partial charge on any atom is 0.355 e. The molecule has 2 N–H and O–H groups in total. The first-order valence-electron chi connectivity index (χ1n) is 7.77. The van der Waals surface area contributed by atoms with Crippen molar-refractivity contribution < 1.29 is 19.1 Å². The lowest BCUT2D eigenvalue weighted by Crippen LogP contribution is -2.29. The average molecular weight is 359 g/mol. The number of para-hydroxylation sites is 2. The minimum Gasteiger partial charge on any atom is -0.462 e. The van der Waals surface area contributed by atoms with Gasteiger partial charge in [0.15, 0.2) is 0 Å². The monoisotopic (exact) mass is 359 g/mol. The van der Waals surface area contributed by atoms with Crippen LogP contribution in [0.3, 0.4) is 0 Å². The number of rotatable bonds is 4. The summed E-state index contributed by atoms with van der Waals surface area (Å²) < 4.78 is 10.3. The van der Waals surface area contributed by atoms with E-state index in [9.17, 15) is 9.59 Å². The van der Waals surface area contributed by atoms with Crippen LogP contribution in [0.2, 0.25) is 0 Å². The number of carbonyl (C=O) groups excluding carboxylic acids is 2. The van der Waals surface area contributed by atoms with E-state index in [-0.39, 0.29) is 24.6 Å². The fraction of sp³-hybridized carbons (Fsp3) is 0.235. The molecule has 0 atom stereocenters. The third-order valence-corrected chi connectivity index (χ3v) is 4.47. The van der Waals surface area contributed by atoms with E-state index in [2.05, 4.69) is 4.99 Å². The molecule has 0 fully saturated rings. The fourth-order valence-corrected chi connectivity index (χ4v) is 3.55. The van der Waals surface area contributed by atoms with E-state index < -0.39 is 11.9 Å². The number of nitrogens with two attached hydrogens (primary N) is 1. The van der Waals surface area contributed by atoms with Crippen LogP contribution in [-0.4, -0.2) is 31.0 Å². The molecule has 0 aromatic heterocycles. The summed E-state index contributed by atoms with van der Waals surface area (Å²) in [7, 11) is 0. The summed E-state index contributed by atoms with van der Waals surface area (Å²) >= 11 is 1.21. The van der Waals surface area contributed by atoms with Gasteiger partial charge < -0.3 is 15.2 Å². The van der Waals surface area contributed by atoms with Gasteiger partial charge in [0.05, 0.1) is 24.6 Å². The minimum absolute atomic E-state index is 0.0504. The number of anilines is 1. The molecular formula is C17H17N3O4S. The van der Waals surface area contributed by atoms with Gasteiger partial charge in [-0.2, -0.15) is 0 Å². The second-order valence-electron chi connectivity index (χ2n) is 5.06. The Morgan fingerprint density at radius 1 is 1.16 bits per heavy atom. The molecule has 130 valence electrons. The highest BCUT2D eigenvalue weighted by atomic mass is 32.2. The first kappa shape index (κ1) is 17.1. The van der Waals surface area contributed by atoms with Crippen LogP contribution in [-0.2, 0) is 19.1 Å². The molecular weight excluding hydrogens is 342 g/mol. The Kier molecular flexibility index (Phi) is 4.80. The van der Waals surface area contributed by atoms with Crippen molar-refractivity contribution in [1.82, 2.24) is 0 Å². The molecule has 2 aliphatic heterocycles. The molecule has 0 unspecified atom stereocenters. The highest BCUT2D eigenvalue weighted by Gasteiger charge is 2.37. The molecule has 1 aromatic carbocycles. The zero-order valence-corrected chi connectivity index (χ0v) is 14.6. The zero-order chi connectivity index (χ0) is 18.0. The summed E-state index contributed by atoms with van der Waals surface area (Å²) in [6, 6.07) is 7.20. The van der Waals surface area contributed by atoms with Gasteiger partial charge in [-0.25, -0.2) is 14.6 Å². The summed E-state index contributed by atoms with van der Waals surface area (Å²) in [5.74, 6) is -1.01. The number of hydrogen-bond donors (Lipinski definition) is 1. The van der Waals surface area contributed by atoms with Gasteiger partial charge in [-0.1, -0.05) is 23.9 Å². The molecule has 0 aliphatic carbocycles. The van der Waals surface area contributed by atoms with E-state index in [1.165, 1.54) is 11.8 Å². The zero-order valence-electron chi connectivity index (χ0n) is 13.8.